The zero-order valence-electron chi connectivity index (χ0n) is 14.5. The number of quaternary nitrogens is 1. The van der Waals surface area contributed by atoms with E-state index in [9.17, 15) is 4.79 Å². The number of ketones is 1. The third kappa shape index (κ3) is 4.31. The van der Waals surface area contributed by atoms with Gasteiger partial charge < -0.3 is 9.64 Å². The summed E-state index contributed by atoms with van der Waals surface area (Å²) in [6.07, 6.45) is 1.16. The second-order valence-corrected chi connectivity index (χ2v) is 6.78. The number of Topliss-reactive ketones (excluding diaryl/α,β-unsaturated/α-hetero) is 1. The Hall–Kier alpha value is -1.97. The number of hydrogen-bond donors (Lipinski definition) is 1. The van der Waals surface area contributed by atoms with Crippen LogP contribution in [0.4, 0.5) is 0 Å². The molecule has 0 aromatic heterocycles. The molecule has 0 bridgehead atoms. The van der Waals surface area contributed by atoms with Crippen molar-refractivity contribution in [2.24, 2.45) is 0 Å². The fraction of sp³-hybridized carbons (Fsp3) is 0.381. The maximum Gasteiger partial charge on any atom is 0.168 e. The lowest BCUT2D eigenvalue weighted by molar-refractivity contribution is -0.914. The van der Waals surface area contributed by atoms with Gasteiger partial charge in [-0.05, 0) is 25.0 Å². The van der Waals surface area contributed by atoms with Crippen LogP contribution < -0.4 is 4.90 Å². The standard InChI is InChI=1S/C21H25NO2/c1-16-14-22(15-17(2)24-16)13-12-21(23)20-10-8-19(9-11-20)18-6-4-3-5-7-18/h3-11,16-17H,12-15H2,1-2H3/p+1/t16-,17-/m1/s1. The van der Waals surface area contributed by atoms with E-state index in [1.165, 1.54) is 10.5 Å². The highest BCUT2D eigenvalue weighted by Crippen LogP contribution is 2.19. The normalized spacial score (nSPS) is 23.8. The van der Waals surface area contributed by atoms with E-state index in [1.54, 1.807) is 0 Å². The van der Waals surface area contributed by atoms with Crippen LogP contribution in [0.3, 0.4) is 0 Å². The van der Waals surface area contributed by atoms with Gasteiger partial charge in [-0.15, -0.1) is 0 Å². The summed E-state index contributed by atoms with van der Waals surface area (Å²) in [6, 6.07) is 18.2. The predicted molar refractivity (Wildman–Crippen MR) is 96.4 cm³/mol. The molecule has 1 aliphatic rings. The summed E-state index contributed by atoms with van der Waals surface area (Å²) in [5.74, 6) is 0.230. The van der Waals surface area contributed by atoms with E-state index >= 15 is 0 Å². The van der Waals surface area contributed by atoms with Crippen molar-refractivity contribution in [3.05, 3.63) is 60.2 Å². The van der Waals surface area contributed by atoms with E-state index < -0.39 is 0 Å². The topological polar surface area (TPSA) is 30.7 Å². The summed E-state index contributed by atoms with van der Waals surface area (Å²) >= 11 is 0. The molecule has 24 heavy (non-hydrogen) atoms. The van der Waals surface area contributed by atoms with Crippen LogP contribution in [0.1, 0.15) is 30.6 Å². The maximum absolute atomic E-state index is 12.5. The molecule has 1 N–H and O–H groups in total. The predicted octanol–water partition coefficient (Wildman–Crippen LogP) is 2.62. The summed E-state index contributed by atoms with van der Waals surface area (Å²) in [7, 11) is 0. The highest BCUT2D eigenvalue weighted by atomic mass is 16.5. The Morgan fingerprint density at radius 2 is 1.54 bits per heavy atom. The molecule has 3 rings (SSSR count). The molecule has 3 nitrogen and oxygen atoms in total. The molecule has 2 aromatic rings. The van der Waals surface area contributed by atoms with Crippen molar-refractivity contribution in [3.63, 3.8) is 0 Å². The fourth-order valence-corrected chi connectivity index (χ4v) is 3.51. The van der Waals surface area contributed by atoms with Crippen molar-refractivity contribution in [1.82, 2.24) is 0 Å². The molecule has 1 fully saturated rings. The summed E-state index contributed by atoms with van der Waals surface area (Å²) in [5.41, 5.74) is 3.13. The average molecular weight is 324 g/mol. The van der Waals surface area contributed by atoms with Gasteiger partial charge >= 0.3 is 0 Å². The Kier molecular flexibility index (Phi) is 5.44. The maximum atomic E-state index is 12.5. The van der Waals surface area contributed by atoms with Crippen LogP contribution in [0, 0.1) is 0 Å². The molecule has 0 aliphatic carbocycles. The van der Waals surface area contributed by atoms with Crippen molar-refractivity contribution >= 4 is 5.78 Å². The first kappa shape index (κ1) is 16.9. The molecule has 2 atom stereocenters. The number of rotatable bonds is 5. The molecule has 0 spiro atoms. The van der Waals surface area contributed by atoms with Gasteiger partial charge in [-0.2, -0.15) is 0 Å². The van der Waals surface area contributed by atoms with Crippen LogP contribution in [0.15, 0.2) is 54.6 Å². The number of ether oxygens (including phenoxy) is 1. The highest BCUT2D eigenvalue weighted by molar-refractivity contribution is 5.96. The SMILES string of the molecule is C[C@@H]1C[NH+](CCC(=O)c2ccc(-c3ccccc3)cc2)C[C@@H](C)O1. The Morgan fingerprint density at radius 1 is 0.958 bits per heavy atom. The van der Waals surface area contributed by atoms with Crippen LogP contribution in [-0.2, 0) is 4.74 Å². The molecule has 0 unspecified atom stereocenters. The largest absolute Gasteiger partial charge is 0.364 e. The van der Waals surface area contributed by atoms with Crippen LogP contribution in [0.5, 0.6) is 0 Å². The first-order chi connectivity index (χ1) is 11.6. The lowest BCUT2D eigenvalue weighted by Gasteiger charge is -2.32. The third-order valence-corrected chi connectivity index (χ3v) is 4.64. The van der Waals surface area contributed by atoms with Gasteiger partial charge in [0.15, 0.2) is 5.78 Å². The van der Waals surface area contributed by atoms with Crippen LogP contribution >= 0.6 is 0 Å². The van der Waals surface area contributed by atoms with Gasteiger partial charge in [-0.3, -0.25) is 4.79 Å². The smallest absolute Gasteiger partial charge is 0.168 e. The molecule has 1 heterocycles. The third-order valence-electron chi connectivity index (χ3n) is 4.64. The lowest BCUT2D eigenvalue weighted by atomic mass is 10.0. The van der Waals surface area contributed by atoms with Crippen LogP contribution in [-0.4, -0.2) is 37.6 Å². The van der Waals surface area contributed by atoms with Gasteiger partial charge in [0.2, 0.25) is 0 Å². The molecule has 1 saturated heterocycles. The van der Waals surface area contributed by atoms with E-state index in [-0.39, 0.29) is 18.0 Å². The first-order valence-corrected chi connectivity index (χ1v) is 8.79. The van der Waals surface area contributed by atoms with Gasteiger partial charge in [0.25, 0.3) is 0 Å². The number of hydrogen-bond acceptors (Lipinski definition) is 2. The van der Waals surface area contributed by atoms with E-state index in [0.717, 1.165) is 30.8 Å². The number of morpholine rings is 1. The minimum atomic E-state index is 0.230. The Balaban J connectivity index is 1.57. The number of carbonyl (C=O) groups is 1. The number of nitrogens with one attached hydrogen (secondary N) is 1. The van der Waals surface area contributed by atoms with Gasteiger partial charge in [0.1, 0.15) is 25.3 Å². The second-order valence-electron chi connectivity index (χ2n) is 6.78. The quantitative estimate of drug-likeness (QED) is 0.857. The number of benzene rings is 2. The average Bonchev–Trinajstić information content (AvgIpc) is 2.60. The summed E-state index contributed by atoms with van der Waals surface area (Å²) in [4.78, 5) is 13.9. The highest BCUT2D eigenvalue weighted by Gasteiger charge is 2.25. The van der Waals surface area contributed by atoms with Crippen molar-refractivity contribution < 1.29 is 14.4 Å². The second kappa shape index (κ2) is 7.73. The van der Waals surface area contributed by atoms with Crippen LogP contribution in [0.25, 0.3) is 11.1 Å². The van der Waals surface area contributed by atoms with E-state index in [2.05, 4.69) is 26.0 Å². The molecular weight excluding hydrogens is 298 g/mol. The summed E-state index contributed by atoms with van der Waals surface area (Å²) in [6.45, 7) is 7.09. The molecule has 0 saturated carbocycles. The summed E-state index contributed by atoms with van der Waals surface area (Å²) in [5, 5.41) is 0. The van der Waals surface area contributed by atoms with Crippen molar-refractivity contribution in [2.45, 2.75) is 32.5 Å². The fourth-order valence-electron chi connectivity index (χ4n) is 3.51. The van der Waals surface area contributed by atoms with Crippen molar-refractivity contribution in [1.29, 1.82) is 0 Å². The first-order valence-electron chi connectivity index (χ1n) is 8.79. The van der Waals surface area contributed by atoms with E-state index in [1.807, 2.05) is 42.5 Å². The van der Waals surface area contributed by atoms with Crippen LogP contribution in [0.2, 0.25) is 0 Å². The molecular formula is C21H26NO2+. The molecule has 0 amide bonds. The monoisotopic (exact) mass is 324 g/mol. The Labute approximate surface area is 144 Å². The molecule has 3 heteroatoms. The van der Waals surface area contributed by atoms with Gasteiger partial charge in [-0.1, -0.05) is 54.6 Å². The van der Waals surface area contributed by atoms with Gasteiger partial charge in [-0.25, -0.2) is 0 Å². The van der Waals surface area contributed by atoms with E-state index in [0.29, 0.717) is 6.42 Å². The molecule has 0 radical (unpaired) electrons. The van der Waals surface area contributed by atoms with E-state index in [4.69, 9.17) is 4.74 Å². The van der Waals surface area contributed by atoms with Crippen molar-refractivity contribution in [2.75, 3.05) is 19.6 Å². The molecule has 1 aliphatic heterocycles. The minimum absolute atomic E-state index is 0.230. The number of carbonyl (C=O) groups excluding carboxylic acids is 1. The van der Waals surface area contributed by atoms with Crippen molar-refractivity contribution in [3.8, 4) is 11.1 Å². The van der Waals surface area contributed by atoms with Gasteiger partial charge in [0, 0.05) is 5.56 Å². The summed E-state index contributed by atoms with van der Waals surface area (Å²) < 4.78 is 5.76. The zero-order chi connectivity index (χ0) is 16.9. The Morgan fingerprint density at radius 3 is 2.17 bits per heavy atom. The van der Waals surface area contributed by atoms with Gasteiger partial charge in [0.05, 0.1) is 13.0 Å². The Bertz CT molecular complexity index is 656. The zero-order valence-corrected chi connectivity index (χ0v) is 14.5. The lowest BCUT2D eigenvalue weighted by Crippen LogP contribution is -3.15. The molecule has 126 valence electrons. The minimum Gasteiger partial charge on any atom is -0.364 e. The molecule has 2 aromatic carbocycles.